The zero-order valence-electron chi connectivity index (χ0n) is 16.0. The number of nitrogens with two attached hydrogens (primary N) is 1. The number of fused-ring (bicyclic) bond motifs is 1. The zero-order valence-corrected chi connectivity index (χ0v) is 17.6. The van der Waals surface area contributed by atoms with Gasteiger partial charge in [0.2, 0.25) is 5.91 Å². The number of carbonyl (C=O) groups is 2. The van der Waals surface area contributed by atoms with Crippen molar-refractivity contribution in [3.63, 3.8) is 0 Å². The topological polar surface area (TPSA) is 72.2 Å². The second kappa shape index (κ2) is 7.98. The van der Waals surface area contributed by atoms with Gasteiger partial charge in [0.1, 0.15) is 5.00 Å². The van der Waals surface area contributed by atoms with E-state index in [1.54, 1.807) is 17.4 Å². The van der Waals surface area contributed by atoms with Crippen molar-refractivity contribution in [2.45, 2.75) is 46.5 Å². The largest absolute Gasteiger partial charge is 0.365 e. The molecular weight excluding hydrogens is 376 g/mol. The highest BCUT2D eigenvalue weighted by Crippen LogP contribution is 2.45. The van der Waals surface area contributed by atoms with Crippen LogP contribution in [0.1, 0.15) is 59.3 Å². The lowest BCUT2D eigenvalue weighted by atomic mass is 9.69. The molecule has 1 unspecified atom stereocenters. The number of anilines is 1. The van der Waals surface area contributed by atoms with Crippen molar-refractivity contribution in [1.29, 1.82) is 0 Å². The predicted molar refractivity (Wildman–Crippen MR) is 114 cm³/mol. The fourth-order valence-corrected chi connectivity index (χ4v) is 5.54. The van der Waals surface area contributed by atoms with Crippen LogP contribution in [0.3, 0.4) is 0 Å². The van der Waals surface area contributed by atoms with Crippen LogP contribution in [0.2, 0.25) is 0 Å². The molecule has 144 valence electrons. The van der Waals surface area contributed by atoms with Crippen LogP contribution in [0, 0.1) is 11.3 Å². The minimum atomic E-state index is -0.460. The Morgan fingerprint density at radius 1 is 1.41 bits per heavy atom. The van der Waals surface area contributed by atoms with E-state index < -0.39 is 5.91 Å². The van der Waals surface area contributed by atoms with Crippen LogP contribution in [-0.4, -0.2) is 11.8 Å². The van der Waals surface area contributed by atoms with Crippen LogP contribution in [0.4, 0.5) is 5.00 Å². The maximum absolute atomic E-state index is 12.3. The maximum atomic E-state index is 12.3. The van der Waals surface area contributed by atoms with E-state index in [0.29, 0.717) is 16.5 Å². The number of thiophene rings is 2. The highest BCUT2D eigenvalue weighted by Gasteiger charge is 2.34. The van der Waals surface area contributed by atoms with Crippen molar-refractivity contribution in [3.8, 4) is 0 Å². The van der Waals surface area contributed by atoms with Crippen LogP contribution < -0.4 is 11.1 Å². The summed E-state index contributed by atoms with van der Waals surface area (Å²) in [6, 6.07) is 3.89. The van der Waals surface area contributed by atoms with E-state index in [9.17, 15) is 9.59 Å². The Balaban J connectivity index is 1.82. The van der Waals surface area contributed by atoms with Gasteiger partial charge in [-0.3, -0.25) is 9.59 Å². The fourth-order valence-electron chi connectivity index (χ4n) is 3.59. The number of carbonyl (C=O) groups excluding carboxylic acids is 2. The normalized spacial score (nSPS) is 17.1. The van der Waals surface area contributed by atoms with Gasteiger partial charge in [-0.1, -0.05) is 33.3 Å². The molecule has 0 radical (unpaired) electrons. The Bertz CT molecular complexity index is 863. The first kappa shape index (κ1) is 19.8. The standard InChI is InChI=1S/C21H26N2O2S2/c1-4-21(2,3)13-7-9-15-16(12-13)27-20(18(15)19(22)25)23-17(24)10-8-14-6-5-11-26-14/h5-6,8,10-11,13H,4,7,9,12H2,1-3H3,(H2,22,25)(H,23,24). The summed E-state index contributed by atoms with van der Waals surface area (Å²) >= 11 is 3.08. The number of nitrogens with one attached hydrogen (secondary N) is 1. The van der Waals surface area contributed by atoms with Gasteiger partial charge < -0.3 is 11.1 Å². The van der Waals surface area contributed by atoms with E-state index in [4.69, 9.17) is 5.73 Å². The average Bonchev–Trinajstić information content (AvgIpc) is 3.26. The monoisotopic (exact) mass is 402 g/mol. The van der Waals surface area contributed by atoms with Gasteiger partial charge in [0, 0.05) is 15.8 Å². The number of primary amides is 1. The number of hydrogen-bond donors (Lipinski definition) is 2. The molecule has 1 aliphatic carbocycles. The van der Waals surface area contributed by atoms with E-state index >= 15 is 0 Å². The number of amides is 2. The first-order valence-electron chi connectivity index (χ1n) is 9.28. The summed E-state index contributed by atoms with van der Waals surface area (Å²) in [6.07, 6.45) is 7.24. The molecule has 3 N–H and O–H groups in total. The minimum Gasteiger partial charge on any atom is -0.365 e. The molecule has 3 rings (SSSR count). The van der Waals surface area contributed by atoms with Crippen LogP contribution >= 0.6 is 22.7 Å². The number of hydrogen-bond acceptors (Lipinski definition) is 4. The Labute approximate surface area is 168 Å². The second-order valence-electron chi connectivity index (χ2n) is 7.69. The minimum absolute atomic E-state index is 0.241. The van der Waals surface area contributed by atoms with E-state index in [-0.39, 0.29) is 11.3 Å². The van der Waals surface area contributed by atoms with E-state index in [2.05, 4.69) is 26.1 Å². The van der Waals surface area contributed by atoms with E-state index in [0.717, 1.165) is 36.1 Å². The van der Waals surface area contributed by atoms with E-state index in [1.165, 1.54) is 22.3 Å². The SMILES string of the molecule is CCC(C)(C)C1CCc2c(sc(NC(=O)C=Cc3cccs3)c2C(N)=O)C1. The summed E-state index contributed by atoms with van der Waals surface area (Å²) < 4.78 is 0. The van der Waals surface area contributed by atoms with Gasteiger partial charge in [-0.25, -0.2) is 0 Å². The quantitative estimate of drug-likeness (QED) is 0.660. The molecule has 6 heteroatoms. The summed E-state index contributed by atoms with van der Waals surface area (Å²) in [5, 5.41) is 5.42. The molecule has 0 saturated carbocycles. The van der Waals surface area contributed by atoms with Crippen LogP contribution in [0.15, 0.2) is 23.6 Å². The highest BCUT2D eigenvalue weighted by atomic mass is 32.1. The van der Waals surface area contributed by atoms with Gasteiger partial charge in [-0.05, 0) is 53.7 Å². The average molecular weight is 403 g/mol. The molecule has 2 aromatic rings. The lowest BCUT2D eigenvalue weighted by molar-refractivity contribution is -0.111. The molecule has 0 aromatic carbocycles. The summed E-state index contributed by atoms with van der Waals surface area (Å²) in [5.74, 6) is -0.121. The summed E-state index contributed by atoms with van der Waals surface area (Å²) in [6.45, 7) is 6.84. The lowest BCUT2D eigenvalue weighted by Crippen LogP contribution is -2.29. The Kier molecular flexibility index (Phi) is 5.86. The molecular formula is C21H26N2O2S2. The third kappa shape index (κ3) is 4.33. The molecule has 27 heavy (non-hydrogen) atoms. The number of rotatable bonds is 6. The molecule has 0 fully saturated rings. The predicted octanol–water partition coefficient (Wildman–Crippen LogP) is 5.10. The highest BCUT2D eigenvalue weighted by molar-refractivity contribution is 7.17. The van der Waals surface area contributed by atoms with E-state index in [1.807, 2.05) is 17.5 Å². The van der Waals surface area contributed by atoms with Crippen molar-refractivity contribution < 1.29 is 9.59 Å². The first-order chi connectivity index (χ1) is 12.8. The van der Waals surface area contributed by atoms with Crippen molar-refractivity contribution in [3.05, 3.63) is 44.5 Å². The van der Waals surface area contributed by atoms with Gasteiger partial charge in [0.05, 0.1) is 5.56 Å². The van der Waals surface area contributed by atoms with Gasteiger partial charge in [0.15, 0.2) is 0 Å². The van der Waals surface area contributed by atoms with Gasteiger partial charge >= 0.3 is 0 Å². The molecule has 4 nitrogen and oxygen atoms in total. The van der Waals surface area contributed by atoms with Crippen molar-refractivity contribution in [2.24, 2.45) is 17.1 Å². The molecule has 2 heterocycles. The molecule has 0 spiro atoms. The molecule has 0 saturated heterocycles. The third-order valence-corrected chi connectivity index (χ3v) is 7.71. The molecule has 0 aliphatic heterocycles. The summed E-state index contributed by atoms with van der Waals surface area (Å²) in [5.41, 5.74) is 7.46. The first-order valence-corrected chi connectivity index (χ1v) is 11.0. The van der Waals surface area contributed by atoms with Crippen molar-refractivity contribution >= 4 is 45.6 Å². The maximum Gasteiger partial charge on any atom is 0.251 e. The third-order valence-electron chi connectivity index (χ3n) is 5.71. The Hall–Kier alpha value is -1.92. The van der Waals surface area contributed by atoms with Crippen molar-refractivity contribution in [1.82, 2.24) is 0 Å². The van der Waals surface area contributed by atoms with Crippen molar-refractivity contribution in [2.75, 3.05) is 5.32 Å². The van der Waals surface area contributed by atoms with Gasteiger partial charge in [0.25, 0.3) is 5.91 Å². The lowest BCUT2D eigenvalue weighted by Gasteiger charge is -2.36. The zero-order chi connectivity index (χ0) is 19.6. The summed E-state index contributed by atoms with van der Waals surface area (Å²) in [4.78, 5) is 26.6. The molecule has 0 bridgehead atoms. The van der Waals surface area contributed by atoms with Crippen LogP contribution in [-0.2, 0) is 17.6 Å². The summed E-state index contributed by atoms with van der Waals surface area (Å²) in [7, 11) is 0. The van der Waals surface area contributed by atoms with Crippen LogP contribution in [0.5, 0.6) is 0 Å². The fraction of sp³-hybridized carbons (Fsp3) is 0.429. The molecule has 2 aromatic heterocycles. The van der Waals surface area contributed by atoms with Crippen LogP contribution in [0.25, 0.3) is 6.08 Å². The molecule has 1 atom stereocenters. The Morgan fingerprint density at radius 3 is 2.81 bits per heavy atom. The second-order valence-corrected chi connectivity index (χ2v) is 9.78. The van der Waals surface area contributed by atoms with Gasteiger partial charge in [-0.15, -0.1) is 22.7 Å². The smallest absolute Gasteiger partial charge is 0.251 e. The molecule has 1 aliphatic rings. The molecule has 2 amide bonds. The Morgan fingerprint density at radius 2 is 2.19 bits per heavy atom. The van der Waals surface area contributed by atoms with Gasteiger partial charge in [-0.2, -0.15) is 0 Å².